The molecule has 82 valence electrons. The average molecular weight is 205 g/mol. The molecule has 5 N–H and O–H groups in total. The Kier molecular flexibility index (Phi) is 2.50. The van der Waals surface area contributed by atoms with Gasteiger partial charge >= 0.3 is 0 Å². The van der Waals surface area contributed by atoms with E-state index >= 15 is 0 Å². The molecular weight excluding hydrogens is 190 g/mol. The van der Waals surface area contributed by atoms with Crippen LogP contribution < -0.4 is 0 Å². The van der Waals surface area contributed by atoms with Crippen LogP contribution in [0.15, 0.2) is 0 Å². The Morgan fingerprint density at radius 1 is 0.714 bits per heavy atom. The minimum atomic E-state index is -1.25. The summed E-state index contributed by atoms with van der Waals surface area (Å²) in [6.07, 6.45) is -5.49. The summed E-state index contributed by atoms with van der Waals surface area (Å²) in [5.41, 5.74) is 0. The number of aliphatic hydroxyl groups excluding tert-OH is 5. The van der Waals surface area contributed by atoms with Crippen molar-refractivity contribution in [3.63, 3.8) is 0 Å². The number of piperidine rings is 1. The Labute approximate surface area is 81.0 Å². The van der Waals surface area contributed by atoms with Crippen LogP contribution >= 0.6 is 0 Å². The van der Waals surface area contributed by atoms with Crippen molar-refractivity contribution in [2.45, 2.75) is 36.6 Å². The molecule has 0 aromatic heterocycles. The molecule has 2 aliphatic rings. The highest BCUT2D eigenvalue weighted by Crippen LogP contribution is 2.28. The van der Waals surface area contributed by atoms with E-state index in [0.717, 1.165) is 0 Å². The third-order valence-electron chi connectivity index (χ3n) is 3.10. The predicted octanol–water partition coefficient (Wildman–Crippen LogP) is -3.51. The van der Waals surface area contributed by atoms with E-state index in [0.29, 0.717) is 0 Å². The van der Waals surface area contributed by atoms with Gasteiger partial charge in [0.25, 0.3) is 0 Å². The van der Waals surface area contributed by atoms with Gasteiger partial charge < -0.3 is 25.5 Å². The largest absolute Gasteiger partial charge is 0.389 e. The molecule has 6 unspecified atom stereocenters. The van der Waals surface area contributed by atoms with Crippen LogP contribution in [0, 0.1) is 0 Å². The highest BCUT2D eigenvalue weighted by molar-refractivity contribution is 5.04. The van der Waals surface area contributed by atoms with Gasteiger partial charge in [-0.15, -0.1) is 0 Å². The van der Waals surface area contributed by atoms with Gasteiger partial charge in [-0.3, -0.25) is 4.90 Å². The number of hydrogen-bond donors (Lipinski definition) is 5. The van der Waals surface area contributed by atoms with Gasteiger partial charge in [0, 0.05) is 13.1 Å². The van der Waals surface area contributed by atoms with E-state index in [-0.39, 0.29) is 13.1 Å². The molecule has 2 fully saturated rings. The first-order valence-corrected chi connectivity index (χ1v) is 4.66. The predicted molar refractivity (Wildman–Crippen MR) is 45.4 cm³/mol. The minimum absolute atomic E-state index is 0.164. The third kappa shape index (κ3) is 1.35. The van der Waals surface area contributed by atoms with Crippen LogP contribution in [0.1, 0.15) is 0 Å². The summed E-state index contributed by atoms with van der Waals surface area (Å²) in [5.74, 6) is 0. The maximum Gasteiger partial charge on any atom is 0.109 e. The topological polar surface area (TPSA) is 104 Å². The van der Waals surface area contributed by atoms with Crippen molar-refractivity contribution in [2.75, 3.05) is 13.1 Å². The van der Waals surface area contributed by atoms with Crippen LogP contribution in [0.2, 0.25) is 0 Å². The summed E-state index contributed by atoms with van der Waals surface area (Å²) in [7, 11) is 0. The first-order valence-electron chi connectivity index (χ1n) is 4.66. The van der Waals surface area contributed by atoms with Crippen molar-refractivity contribution in [3.8, 4) is 0 Å². The highest BCUT2D eigenvalue weighted by Gasteiger charge is 2.51. The van der Waals surface area contributed by atoms with Crippen LogP contribution in [0.3, 0.4) is 0 Å². The smallest absolute Gasteiger partial charge is 0.109 e. The lowest BCUT2D eigenvalue weighted by atomic mass is 9.93. The normalized spacial score (nSPS) is 54.6. The van der Waals surface area contributed by atoms with Crippen LogP contribution in [0.4, 0.5) is 0 Å². The zero-order chi connectivity index (χ0) is 10.5. The molecule has 0 aliphatic carbocycles. The van der Waals surface area contributed by atoms with Crippen molar-refractivity contribution < 1.29 is 25.5 Å². The van der Waals surface area contributed by atoms with Gasteiger partial charge in [-0.1, -0.05) is 0 Å². The van der Waals surface area contributed by atoms with E-state index in [9.17, 15) is 25.5 Å². The van der Waals surface area contributed by atoms with Crippen molar-refractivity contribution in [2.24, 2.45) is 0 Å². The van der Waals surface area contributed by atoms with Crippen molar-refractivity contribution in [1.29, 1.82) is 0 Å². The molecule has 2 aliphatic heterocycles. The fourth-order valence-electron chi connectivity index (χ4n) is 2.31. The van der Waals surface area contributed by atoms with Gasteiger partial charge in [0.1, 0.15) is 12.2 Å². The van der Waals surface area contributed by atoms with Crippen molar-refractivity contribution in [1.82, 2.24) is 4.90 Å². The van der Waals surface area contributed by atoms with Crippen LogP contribution in [0.5, 0.6) is 0 Å². The molecule has 2 heterocycles. The van der Waals surface area contributed by atoms with Crippen LogP contribution in [0.25, 0.3) is 0 Å². The fraction of sp³-hybridized carbons (Fsp3) is 1.00. The monoisotopic (exact) mass is 205 g/mol. The molecule has 6 nitrogen and oxygen atoms in total. The summed E-state index contributed by atoms with van der Waals surface area (Å²) >= 11 is 0. The quantitative estimate of drug-likeness (QED) is 0.281. The van der Waals surface area contributed by atoms with Gasteiger partial charge in [-0.25, -0.2) is 0 Å². The van der Waals surface area contributed by atoms with Crippen LogP contribution in [-0.4, -0.2) is 80.1 Å². The molecule has 0 radical (unpaired) electrons. The van der Waals surface area contributed by atoms with E-state index < -0.39 is 36.6 Å². The second kappa shape index (κ2) is 3.41. The highest BCUT2D eigenvalue weighted by atomic mass is 16.4. The number of fused-ring (bicyclic) bond motifs is 1. The Morgan fingerprint density at radius 2 is 1.21 bits per heavy atom. The maximum absolute atomic E-state index is 9.58. The van der Waals surface area contributed by atoms with E-state index in [1.54, 1.807) is 4.90 Å². The van der Waals surface area contributed by atoms with Gasteiger partial charge in [0.05, 0.1) is 24.4 Å². The van der Waals surface area contributed by atoms with E-state index in [1.807, 2.05) is 0 Å². The Bertz CT molecular complexity index is 224. The standard InChI is InChI=1S/C8H15NO5/c10-3-1-9-2-4(11)7(13)8(14)5(9)6(3)12/h3-8,10-14H,1-2H2. The average Bonchev–Trinajstić information content (AvgIpc) is 2.39. The lowest BCUT2D eigenvalue weighted by molar-refractivity contribution is -0.142. The minimum Gasteiger partial charge on any atom is -0.389 e. The Balaban J connectivity index is 2.18. The lowest BCUT2D eigenvalue weighted by Crippen LogP contribution is -2.61. The summed E-state index contributed by atoms with van der Waals surface area (Å²) in [5, 5.41) is 47.2. The first kappa shape index (κ1) is 10.3. The molecule has 14 heavy (non-hydrogen) atoms. The molecule has 6 atom stereocenters. The number of nitrogens with zero attached hydrogens (tertiary/aromatic N) is 1. The Morgan fingerprint density at radius 3 is 1.79 bits per heavy atom. The molecule has 2 rings (SSSR count). The maximum atomic E-state index is 9.58. The van der Waals surface area contributed by atoms with Gasteiger partial charge in [0.2, 0.25) is 0 Å². The number of rotatable bonds is 0. The first-order chi connectivity index (χ1) is 6.52. The third-order valence-corrected chi connectivity index (χ3v) is 3.10. The molecule has 0 amide bonds. The van der Waals surface area contributed by atoms with Gasteiger partial charge in [-0.05, 0) is 0 Å². The summed E-state index contributed by atoms with van der Waals surface area (Å²) in [4.78, 5) is 1.59. The Hall–Kier alpha value is -0.240. The molecule has 0 saturated carbocycles. The molecule has 2 saturated heterocycles. The van der Waals surface area contributed by atoms with E-state index in [1.165, 1.54) is 0 Å². The van der Waals surface area contributed by atoms with Crippen LogP contribution in [-0.2, 0) is 0 Å². The fourth-order valence-corrected chi connectivity index (χ4v) is 2.31. The summed E-state index contributed by atoms with van der Waals surface area (Å²) in [6.45, 7) is 0.379. The molecule has 0 aromatic rings. The zero-order valence-corrected chi connectivity index (χ0v) is 7.56. The second-order valence-electron chi connectivity index (χ2n) is 4.05. The number of hydrogen-bond acceptors (Lipinski definition) is 6. The lowest BCUT2D eigenvalue weighted by Gasteiger charge is -2.40. The number of aliphatic hydroxyl groups is 5. The summed E-state index contributed by atoms with van der Waals surface area (Å²) in [6, 6.07) is -0.677. The van der Waals surface area contributed by atoms with Crippen molar-refractivity contribution in [3.05, 3.63) is 0 Å². The van der Waals surface area contributed by atoms with E-state index in [4.69, 9.17) is 0 Å². The van der Waals surface area contributed by atoms with Gasteiger partial charge in [-0.2, -0.15) is 0 Å². The molecule has 0 bridgehead atoms. The van der Waals surface area contributed by atoms with Gasteiger partial charge in [0.15, 0.2) is 0 Å². The zero-order valence-electron chi connectivity index (χ0n) is 7.56. The second-order valence-corrected chi connectivity index (χ2v) is 4.05. The molecular formula is C8H15NO5. The van der Waals surface area contributed by atoms with E-state index in [2.05, 4.69) is 0 Å². The molecule has 6 heteroatoms. The SMILES string of the molecule is OC1CN2CC(O)C(O)C2C(O)C1O. The molecule has 0 aromatic carbocycles. The summed E-state index contributed by atoms with van der Waals surface area (Å²) < 4.78 is 0. The molecule has 0 spiro atoms. The van der Waals surface area contributed by atoms with Crippen molar-refractivity contribution >= 4 is 0 Å².